The van der Waals surface area contributed by atoms with Gasteiger partial charge in [-0.15, -0.1) is 11.3 Å². The van der Waals surface area contributed by atoms with Crippen LogP contribution in [0, 0.1) is 6.92 Å². The molecule has 27 heavy (non-hydrogen) atoms. The Morgan fingerprint density at radius 2 is 1.81 bits per heavy atom. The minimum absolute atomic E-state index is 0.0857. The molecule has 0 bridgehead atoms. The highest BCUT2D eigenvalue weighted by molar-refractivity contribution is 7.13. The number of ether oxygens (including phenoxy) is 1. The predicted molar refractivity (Wildman–Crippen MR) is 104 cm³/mol. The second-order valence-electron chi connectivity index (χ2n) is 5.89. The van der Waals surface area contributed by atoms with E-state index in [-0.39, 0.29) is 18.9 Å². The summed E-state index contributed by atoms with van der Waals surface area (Å²) >= 11 is 1.48. The molecule has 3 aromatic rings. The van der Waals surface area contributed by atoms with Crippen LogP contribution in [-0.4, -0.2) is 23.4 Å². The van der Waals surface area contributed by atoms with Gasteiger partial charge in [0.05, 0.1) is 12.1 Å². The van der Waals surface area contributed by atoms with Crippen molar-refractivity contribution in [3.8, 4) is 16.3 Å². The van der Waals surface area contributed by atoms with Crippen LogP contribution in [0.5, 0.6) is 5.75 Å². The van der Waals surface area contributed by atoms with Crippen molar-refractivity contribution in [2.45, 2.75) is 13.3 Å². The molecule has 0 radical (unpaired) electrons. The Kier molecular flexibility index (Phi) is 6.17. The number of aryl methyl sites for hydroxylation is 1. The van der Waals surface area contributed by atoms with Crippen LogP contribution in [0.25, 0.3) is 10.6 Å². The summed E-state index contributed by atoms with van der Waals surface area (Å²) in [6, 6.07) is 17.2. The number of nitrogens with one attached hydrogen (secondary N) is 2. The third kappa shape index (κ3) is 5.65. The Hall–Kier alpha value is -3.19. The third-order valence-electron chi connectivity index (χ3n) is 3.61. The Bertz CT molecular complexity index is 925. The van der Waals surface area contributed by atoms with Crippen LogP contribution in [0.15, 0.2) is 60.0 Å². The highest BCUT2D eigenvalue weighted by atomic mass is 32.1. The largest absolute Gasteiger partial charge is 0.484 e. The van der Waals surface area contributed by atoms with Crippen LogP contribution in [0.2, 0.25) is 0 Å². The molecule has 7 heteroatoms. The van der Waals surface area contributed by atoms with Crippen molar-refractivity contribution in [2.75, 3.05) is 6.61 Å². The number of carbonyl (C=O) groups is 2. The molecule has 0 saturated heterocycles. The zero-order valence-electron chi connectivity index (χ0n) is 14.8. The molecule has 2 aromatic carbocycles. The number of aromatic nitrogens is 1. The summed E-state index contributed by atoms with van der Waals surface area (Å²) in [4.78, 5) is 28.2. The molecule has 2 N–H and O–H groups in total. The van der Waals surface area contributed by atoms with Crippen LogP contribution in [-0.2, 0) is 16.0 Å². The van der Waals surface area contributed by atoms with Crippen LogP contribution < -0.4 is 15.6 Å². The standard InChI is InChI=1S/C20H19N3O3S/c1-14-6-5-9-17(10-14)26-12-19(25)23-22-18(24)11-16-13-27-20(21-16)15-7-3-2-4-8-15/h2-10,13H,11-12H2,1H3,(H,22,24)(H,23,25). The molecule has 0 aliphatic rings. The lowest BCUT2D eigenvalue weighted by atomic mass is 10.2. The smallest absolute Gasteiger partial charge is 0.276 e. The van der Waals surface area contributed by atoms with E-state index in [2.05, 4.69) is 15.8 Å². The van der Waals surface area contributed by atoms with Gasteiger partial charge in [0.1, 0.15) is 10.8 Å². The molecule has 2 amide bonds. The van der Waals surface area contributed by atoms with Gasteiger partial charge in [-0.1, -0.05) is 42.5 Å². The highest BCUT2D eigenvalue weighted by Gasteiger charge is 2.10. The zero-order chi connectivity index (χ0) is 19.1. The van der Waals surface area contributed by atoms with Gasteiger partial charge in [-0.05, 0) is 24.6 Å². The Labute approximate surface area is 161 Å². The molecule has 1 heterocycles. The van der Waals surface area contributed by atoms with Crippen molar-refractivity contribution < 1.29 is 14.3 Å². The number of benzene rings is 2. The van der Waals surface area contributed by atoms with Crippen LogP contribution >= 0.6 is 11.3 Å². The van der Waals surface area contributed by atoms with Crippen LogP contribution in [0.3, 0.4) is 0 Å². The van der Waals surface area contributed by atoms with Gasteiger partial charge in [-0.3, -0.25) is 20.4 Å². The molecule has 0 unspecified atom stereocenters. The lowest BCUT2D eigenvalue weighted by Crippen LogP contribution is -2.44. The van der Waals surface area contributed by atoms with E-state index in [0.29, 0.717) is 11.4 Å². The molecule has 0 aliphatic carbocycles. The molecule has 0 spiro atoms. The molecule has 0 aliphatic heterocycles. The topological polar surface area (TPSA) is 80.3 Å². The highest BCUT2D eigenvalue weighted by Crippen LogP contribution is 2.23. The maximum absolute atomic E-state index is 12.0. The minimum atomic E-state index is -0.437. The molecule has 0 saturated carbocycles. The average molecular weight is 381 g/mol. The number of thiazole rings is 1. The maximum atomic E-state index is 12.0. The van der Waals surface area contributed by atoms with E-state index in [9.17, 15) is 9.59 Å². The third-order valence-corrected chi connectivity index (χ3v) is 4.56. The molecule has 6 nitrogen and oxygen atoms in total. The summed E-state index contributed by atoms with van der Waals surface area (Å²) in [6.45, 7) is 1.76. The number of hydrazine groups is 1. The summed E-state index contributed by atoms with van der Waals surface area (Å²) in [6.07, 6.45) is 0.0857. The van der Waals surface area contributed by atoms with Crippen molar-refractivity contribution >= 4 is 23.2 Å². The second-order valence-corrected chi connectivity index (χ2v) is 6.75. The van der Waals surface area contributed by atoms with E-state index in [1.165, 1.54) is 11.3 Å². The van der Waals surface area contributed by atoms with Gasteiger partial charge in [-0.25, -0.2) is 4.98 Å². The van der Waals surface area contributed by atoms with E-state index in [0.717, 1.165) is 16.1 Å². The van der Waals surface area contributed by atoms with Gasteiger partial charge < -0.3 is 4.74 Å². The van der Waals surface area contributed by atoms with E-state index >= 15 is 0 Å². The SMILES string of the molecule is Cc1cccc(OCC(=O)NNC(=O)Cc2csc(-c3ccccc3)n2)c1. The fourth-order valence-corrected chi connectivity index (χ4v) is 3.17. The first-order valence-electron chi connectivity index (χ1n) is 8.37. The van der Waals surface area contributed by atoms with Gasteiger partial charge in [0.15, 0.2) is 6.61 Å². The van der Waals surface area contributed by atoms with Crippen molar-refractivity contribution in [2.24, 2.45) is 0 Å². The Balaban J connectivity index is 1.43. The van der Waals surface area contributed by atoms with Crippen molar-refractivity contribution in [3.63, 3.8) is 0 Å². The number of nitrogens with zero attached hydrogens (tertiary/aromatic N) is 1. The first-order valence-corrected chi connectivity index (χ1v) is 9.25. The number of hydrogen-bond acceptors (Lipinski definition) is 5. The molecule has 138 valence electrons. The van der Waals surface area contributed by atoms with Crippen molar-refractivity contribution in [1.29, 1.82) is 0 Å². The normalized spacial score (nSPS) is 10.3. The van der Waals surface area contributed by atoms with E-state index in [1.807, 2.05) is 60.8 Å². The van der Waals surface area contributed by atoms with Crippen molar-refractivity contribution in [1.82, 2.24) is 15.8 Å². The van der Waals surface area contributed by atoms with Crippen molar-refractivity contribution in [3.05, 3.63) is 71.2 Å². The number of rotatable bonds is 6. The predicted octanol–water partition coefficient (Wildman–Crippen LogP) is 2.89. The molecule has 0 fully saturated rings. The molecular weight excluding hydrogens is 362 g/mol. The van der Waals surface area contributed by atoms with Gasteiger partial charge in [0.2, 0.25) is 5.91 Å². The van der Waals surface area contributed by atoms with E-state index < -0.39 is 5.91 Å². The monoisotopic (exact) mass is 381 g/mol. The molecular formula is C20H19N3O3S. The number of hydrogen-bond donors (Lipinski definition) is 2. The molecule has 1 aromatic heterocycles. The van der Waals surface area contributed by atoms with Gasteiger partial charge in [0.25, 0.3) is 5.91 Å². The number of carbonyl (C=O) groups excluding carboxylic acids is 2. The lowest BCUT2D eigenvalue weighted by Gasteiger charge is -2.08. The average Bonchev–Trinajstić information content (AvgIpc) is 3.14. The summed E-state index contributed by atoms with van der Waals surface area (Å²) in [5.74, 6) is -0.177. The first-order chi connectivity index (χ1) is 13.1. The fraction of sp³-hybridized carbons (Fsp3) is 0.150. The second kappa shape index (κ2) is 8.95. The van der Waals surface area contributed by atoms with Crippen LogP contribution in [0.1, 0.15) is 11.3 Å². The quantitative estimate of drug-likeness (QED) is 0.644. The summed E-state index contributed by atoms with van der Waals surface area (Å²) in [7, 11) is 0. The zero-order valence-corrected chi connectivity index (χ0v) is 15.6. The summed E-state index contributed by atoms with van der Waals surface area (Å²) in [5.41, 5.74) is 7.42. The Morgan fingerprint density at radius 1 is 1.04 bits per heavy atom. The maximum Gasteiger partial charge on any atom is 0.276 e. The first kappa shape index (κ1) is 18.6. The Morgan fingerprint density at radius 3 is 2.59 bits per heavy atom. The van der Waals surface area contributed by atoms with Gasteiger partial charge in [-0.2, -0.15) is 0 Å². The summed E-state index contributed by atoms with van der Waals surface area (Å²) < 4.78 is 5.38. The van der Waals surface area contributed by atoms with Crippen LogP contribution in [0.4, 0.5) is 0 Å². The molecule has 3 rings (SSSR count). The fourth-order valence-electron chi connectivity index (χ4n) is 2.34. The van der Waals surface area contributed by atoms with E-state index in [1.54, 1.807) is 6.07 Å². The lowest BCUT2D eigenvalue weighted by molar-refractivity contribution is -0.129. The van der Waals surface area contributed by atoms with E-state index in [4.69, 9.17) is 4.74 Å². The minimum Gasteiger partial charge on any atom is -0.484 e. The summed E-state index contributed by atoms with van der Waals surface area (Å²) in [5, 5.41) is 2.69. The number of amides is 2. The van der Waals surface area contributed by atoms with Gasteiger partial charge >= 0.3 is 0 Å². The molecule has 0 atom stereocenters. The van der Waals surface area contributed by atoms with Gasteiger partial charge in [0, 0.05) is 10.9 Å².